The monoisotopic (exact) mass is 398 g/mol. The van der Waals surface area contributed by atoms with Crippen molar-refractivity contribution in [1.29, 1.82) is 0 Å². The topological polar surface area (TPSA) is 123 Å². The normalized spacial score (nSPS) is 13.0. The molecule has 3 rings (SSSR count). The van der Waals surface area contributed by atoms with Crippen LogP contribution in [0.25, 0.3) is 12.2 Å². The highest BCUT2D eigenvalue weighted by Gasteiger charge is 2.28. The molecule has 28 heavy (non-hydrogen) atoms. The molecule has 1 amide bonds. The van der Waals surface area contributed by atoms with Crippen molar-refractivity contribution in [3.8, 4) is 0 Å². The fourth-order valence-corrected chi connectivity index (χ4v) is 3.25. The molecule has 0 aromatic carbocycles. The summed E-state index contributed by atoms with van der Waals surface area (Å²) in [4.78, 5) is 46.6. The van der Waals surface area contributed by atoms with Gasteiger partial charge in [0, 0.05) is 19.2 Å². The van der Waals surface area contributed by atoms with Gasteiger partial charge in [0.15, 0.2) is 5.78 Å². The Morgan fingerprint density at radius 1 is 1.36 bits per heavy atom. The van der Waals surface area contributed by atoms with Crippen LogP contribution in [0.15, 0.2) is 35.8 Å². The minimum Gasteiger partial charge on any atom is -0.313 e. The Kier molecular flexibility index (Phi) is 5.32. The van der Waals surface area contributed by atoms with Crippen LogP contribution in [0.5, 0.6) is 0 Å². The molecule has 0 aliphatic heterocycles. The van der Waals surface area contributed by atoms with Crippen LogP contribution in [0.1, 0.15) is 26.3 Å². The zero-order valence-electron chi connectivity index (χ0n) is 15.5. The van der Waals surface area contributed by atoms with Crippen LogP contribution in [0.4, 0.5) is 5.82 Å². The summed E-state index contributed by atoms with van der Waals surface area (Å²) in [7, 11) is 0. The Balaban J connectivity index is 1.94. The SMILES string of the molecule is CC(=O)Nc1cc(/C=c2\s/c(=C/C(=O)C(C)(C)n3cncn3)[nH]c2=O)ccn1. The summed E-state index contributed by atoms with van der Waals surface area (Å²) in [5.74, 6) is -0.0614. The van der Waals surface area contributed by atoms with Crippen molar-refractivity contribution in [3.05, 3.63) is 56.1 Å². The van der Waals surface area contributed by atoms with E-state index in [0.717, 1.165) is 11.3 Å². The molecule has 10 heteroatoms. The van der Waals surface area contributed by atoms with Crippen LogP contribution >= 0.6 is 11.3 Å². The maximum Gasteiger partial charge on any atom is 0.266 e. The molecule has 0 aliphatic carbocycles. The number of H-pyrrole nitrogens is 1. The van der Waals surface area contributed by atoms with Crippen molar-refractivity contribution in [1.82, 2.24) is 24.7 Å². The van der Waals surface area contributed by atoms with Crippen molar-refractivity contribution in [2.24, 2.45) is 0 Å². The smallest absolute Gasteiger partial charge is 0.266 e. The Hall–Kier alpha value is -3.40. The third kappa shape index (κ3) is 4.29. The Labute approximate surface area is 163 Å². The summed E-state index contributed by atoms with van der Waals surface area (Å²) in [5.41, 5.74) is -0.535. The first-order valence-corrected chi connectivity index (χ1v) is 9.13. The van der Waals surface area contributed by atoms with Crippen LogP contribution in [0.2, 0.25) is 0 Å². The fourth-order valence-electron chi connectivity index (χ4n) is 2.37. The zero-order chi connectivity index (χ0) is 20.3. The number of carbonyl (C=O) groups excluding carboxylic acids is 2. The first-order valence-electron chi connectivity index (χ1n) is 8.31. The molecule has 0 fully saturated rings. The average molecular weight is 398 g/mol. The lowest BCUT2D eigenvalue weighted by molar-refractivity contribution is -0.120. The van der Waals surface area contributed by atoms with E-state index in [1.54, 1.807) is 32.1 Å². The van der Waals surface area contributed by atoms with Crippen molar-refractivity contribution in [3.63, 3.8) is 0 Å². The molecular weight excluding hydrogens is 380 g/mol. The molecule has 0 saturated carbocycles. The minimum absolute atomic E-state index is 0.223. The number of ketones is 1. The van der Waals surface area contributed by atoms with Gasteiger partial charge >= 0.3 is 0 Å². The summed E-state index contributed by atoms with van der Waals surface area (Å²) in [6.07, 6.45) is 7.43. The number of carbonyl (C=O) groups is 2. The third-order valence-electron chi connectivity index (χ3n) is 3.92. The van der Waals surface area contributed by atoms with Gasteiger partial charge in [0.25, 0.3) is 5.56 Å². The Morgan fingerprint density at radius 2 is 2.14 bits per heavy atom. The second-order valence-corrected chi connectivity index (χ2v) is 7.58. The van der Waals surface area contributed by atoms with Crippen molar-refractivity contribution < 1.29 is 9.59 Å². The number of hydrogen-bond donors (Lipinski definition) is 2. The van der Waals surface area contributed by atoms with E-state index in [1.165, 1.54) is 36.5 Å². The number of pyridine rings is 1. The number of hydrogen-bond acceptors (Lipinski definition) is 7. The molecule has 144 valence electrons. The molecule has 3 aromatic heterocycles. The highest BCUT2D eigenvalue weighted by Crippen LogP contribution is 2.14. The molecule has 0 saturated heterocycles. The van der Waals surface area contributed by atoms with Crippen molar-refractivity contribution in [2.75, 3.05) is 5.32 Å². The fraction of sp³-hybridized carbons (Fsp3) is 0.222. The van der Waals surface area contributed by atoms with E-state index in [4.69, 9.17) is 0 Å². The van der Waals surface area contributed by atoms with E-state index in [9.17, 15) is 14.4 Å². The molecule has 0 radical (unpaired) electrons. The summed E-state index contributed by atoms with van der Waals surface area (Å²) >= 11 is 1.16. The van der Waals surface area contributed by atoms with Crippen LogP contribution in [0, 0.1) is 0 Å². The van der Waals surface area contributed by atoms with Gasteiger partial charge in [0.2, 0.25) is 5.91 Å². The van der Waals surface area contributed by atoms with Crippen LogP contribution in [0.3, 0.4) is 0 Å². The molecular formula is C18H18N6O3S. The van der Waals surface area contributed by atoms with Gasteiger partial charge < -0.3 is 10.3 Å². The summed E-state index contributed by atoms with van der Waals surface area (Å²) in [6.45, 7) is 4.83. The number of Topliss-reactive ketones (excluding diaryl/α,β-unsaturated/α-hetero) is 1. The van der Waals surface area contributed by atoms with E-state index < -0.39 is 5.54 Å². The van der Waals surface area contributed by atoms with Gasteiger partial charge in [-0.15, -0.1) is 11.3 Å². The third-order valence-corrected chi connectivity index (χ3v) is 4.89. The number of nitrogens with zero attached hydrogens (tertiary/aromatic N) is 4. The maximum absolute atomic E-state index is 12.6. The predicted molar refractivity (Wildman–Crippen MR) is 105 cm³/mol. The Morgan fingerprint density at radius 3 is 2.82 bits per heavy atom. The number of rotatable bonds is 5. The van der Waals surface area contributed by atoms with E-state index >= 15 is 0 Å². The van der Waals surface area contributed by atoms with Crippen molar-refractivity contribution >= 4 is 41.0 Å². The van der Waals surface area contributed by atoms with Crippen LogP contribution in [-0.2, 0) is 15.1 Å². The molecule has 0 aliphatic rings. The number of thiazole rings is 1. The Bertz CT molecular complexity index is 1190. The first kappa shape index (κ1) is 19.4. The van der Waals surface area contributed by atoms with E-state index in [1.807, 2.05) is 0 Å². The molecule has 0 bridgehead atoms. The van der Waals surface area contributed by atoms with Gasteiger partial charge in [0.1, 0.15) is 24.0 Å². The van der Waals surface area contributed by atoms with Gasteiger partial charge in [-0.1, -0.05) is 0 Å². The van der Waals surface area contributed by atoms with E-state index in [2.05, 4.69) is 25.4 Å². The zero-order valence-corrected chi connectivity index (χ0v) is 16.3. The highest BCUT2D eigenvalue weighted by molar-refractivity contribution is 7.07. The van der Waals surface area contributed by atoms with Crippen LogP contribution < -0.4 is 20.1 Å². The van der Waals surface area contributed by atoms with Crippen LogP contribution in [-0.4, -0.2) is 36.4 Å². The lowest BCUT2D eigenvalue weighted by atomic mass is 10.00. The maximum atomic E-state index is 12.6. The highest BCUT2D eigenvalue weighted by atomic mass is 32.1. The number of aromatic nitrogens is 5. The number of aromatic amines is 1. The summed E-state index contributed by atoms with van der Waals surface area (Å²) in [5, 5.41) is 6.60. The largest absolute Gasteiger partial charge is 0.313 e. The van der Waals surface area contributed by atoms with E-state index in [0.29, 0.717) is 20.6 Å². The van der Waals surface area contributed by atoms with Gasteiger partial charge in [-0.05, 0) is 37.6 Å². The molecule has 0 spiro atoms. The molecule has 9 nitrogen and oxygen atoms in total. The number of amides is 1. The second-order valence-electron chi connectivity index (χ2n) is 6.49. The quantitative estimate of drug-likeness (QED) is 0.623. The molecule has 3 aromatic rings. The van der Waals surface area contributed by atoms with Crippen molar-refractivity contribution in [2.45, 2.75) is 26.3 Å². The lowest BCUT2D eigenvalue weighted by Gasteiger charge is -2.20. The average Bonchev–Trinajstić information content (AvgIpc) is 3.26. The summed E-state index contributed by atoms with van der Waals surface area (Å²) in [6, 6.07) is 3.37. The standard InChI is InChI=1S/C18H18N6O3S/c1-11(25)22-15-7-12(4-5-20-15)6-13-17(27)23-16(28-13)8-14(26)18(2,3)24-10-19-9-21-24/h4-10H,1-3H3,(H,23,27)(H,20,22,25)/b13-6-,16-8+. The van der Waals surface area contributed by atoms with Gasteiger partial charge in [-0.25, -0.2) is 14.6 Å². The second kappa shape index (κ2) is 7.69. The lowest BCUT2D eigenvalue weighted by Crippen LogP contribution is -2.36. The van der Waals surface area contributed by atoms with Gasteiger partial charge in [0.05, 0.1) is 9.20 Å². The molecule has 3 heterocycles. The molecule has 2 N–H and O–H groups in total. The summed E-state index contributed by atoms with van der Waals surface area (Å²) < 4.78 is 2.33. The number of anilines is 1. The number of nitrogens with one attached hydrogen (secondary N) is 2. The minimum atomic E-state index is -0.931. The van der Waals surface area contributed by atoms with Gasteiger partial charge in [-0.2, -0.15) is 5.10 Å². The molecule has 0 atom stereocenters. The predicted octanol–water partition coefficient (Wildman–Crippen LogP) is -0.00500. The van der Waals surface area contributed by atoms with E-state index in [-0.39, 0.29) is 17.2 Å². The first-order chi connectivity index (χ1) is 13.3. The molecule has 0 unspecified atom stereocenters. The van der Waals surface area contributed by atoms with Gasteiger partial charge in [-0.3, -0.25) is 14.4 Å².